The predicted octanol–water partition coefficient (Wildman–Crippen LogP) is 2.51. The van der Waals surface area contributed by atoms with Crippen molar-refractivity contribution in [2.24, 2.45) is 0 Å². The van der Waals surface area contributed by atoms with Crippen molar-refractivity contribution < 1.29 is 8.42 Å². The number of anilines is 1. The Labute approximate surface area is 141 Å². The quantitative estimate of drug-likeness (QED) is 0.772. The van der Waals surface area contributed by atoms with Gasteiger partial charge >= 0.3 is 0 Å². The lowest BCUT2D eigenvalue weighted by Crippen LogP contribution is -2.22. The molecule has 0 aliphatic rings. The fourth-order valence-electron chi connectivity index (χ4n) is 2.50. The molecule has 2 aromatic heterocycles. The van der Waals surface area contributed by atoms with Gasteiger partial charge in [-0.25, -0.2) is 17.7 Å². The first-order chi connectivity index (χ1) is 11.4. The molecular weight excluding hydrogens is 324 g/mol. The van der Waals surface area contributed by atoms with Crippen molar-refractivity contribution in [3.63, 3.8) is 0 Å². The third-order valence-corrected chi connectivity index (χ3v) is 5.70. The number of imidazole rings is 1. The van der Waals surface area contributed by atoms with Crippen LogP contribution in [0.3, 0.4) is 0 Å². The summed E-state index contributed by atoms with van der Waals surface area (Å²) in [6.45, 7) is 2.57. The number of hydrogen-bond donors (Lipinski definition) is 1. The van der Waals surface area contributed by atoms with Crippen LogP contribution in [0, 0.1) is 6.92 Å². The molecule has 0 saturated heterocycles. The lowest BCUT2D eigenvalue weighted by Gasteiger charge is -2.13. The molecule has 0 amide bonds. The van der Waals surface area contributed by atoms with Crippen LogP contribution in [0.25, 0.3) is 5.65 Å². The van der Waals surface area contributed by atoms with Crippen molar-refractivity contribution in [2.75, 3.05) is 19.4 Å². The van der Waals surface area contributed by atoms with Crippen LogP contribution in [0.4, 0.5) is 5.69 Å². The summed E-state index contributed by atoms with van der Waals surface area (Å²) in [4.78, 5) is 4.70. The smallest absolute Gasteiger partial charge is 0.242 e. The van der Waals surface area contributed by atoms with Gasteiger partial charge in [0.2, 0.25) is 10.0 Å². The van der Waals surface area contributed by atoms with Gasteiger partial charge in [0.1, 0.15) is 5.65 Å². The van der Waals surface area contributed by atoms with Crippen LogP contribution in [0.5, 0.6) is 0 Å². The third kappa shape index (κ3) is 3.00. The van der Waals surface area contributed by atoms with E-state index in [1.54, 1.807) is 18.2 Å². The number of pyridine rings is 1. The fourth-order valence-corrected chi connectivity index (χ4v) is 3.45. The Morgan fingerprint density at radius 1 is 1.21 bits per heavy atom. The molecular formula is C17H20N4O2S. The number of rotatable bonds is 5. The van der Waals surface area contributed by atoms with Crippen LogP contribution in [0.2, 0.25) is 0 Å². The number of hydrogen-bond acceptors (Lipinski definition) is 4. The molecule has 24 heavy (non-hydrogen) atoms. The maximum absolute atomic E-state index is 12.2. The number of nitrogens with one attached hydrogen (secondary N) is 1. The van der Waals surface area contributed by atoms with Gasteiger partial charge in [-0.2, -0.15) is 0 Å². The van der Waals surface area contributed by atoms with Gasteiger partial charge in [0, 0.05) is 26.0 Å². The standard InChI is InChI=1S/C17H20N4O2S/c1-13-6-5-9-21-15(12-19-17(13)21)11-18-14-7-4-8-16(10-14)24(22,23)20(2)3/h4-10,12,18H,11H2,1-3H3. The molecule has 1 N–H and O–H groups in total. The zero-order valence-electron chi connectivity index (χ0n) is 13.9. The number of fused-ring (bicyclic) bond motifs is 1. The first-order valence-corrected chi connectivity index (χ1v) is 9.01. The predicted molar refractivity (Wildman–Crippen MR) is 94.6 cm³/mol. The van der Waals surface area contributed by atoms with Gasteiger partial charge in [0.15, 0.2) is 0 Å². The molecule has 2 heterocycles. The van der Waals surface area contributed by atoms with Gasteiger partial charge in [-0.1, -0.05) is 12.1 Å². The minimum Gasteiger partial charge on any atom is -0.379 e. The van der Waals surface area contributed by atoms with E-state index in [1.165, 1.54) is 18.4 Å². The Bertz CT molecular complexity index is 977. The largest absolute Gasteiger partial charge is 0.379 e. The van der Waals surface area contributed by atoms with E-state index in [0.29, 0.717) is 6.54 Å². The monoisotopic (exact) mass is 344 g/mol. The van der Waals surface area contributed by atoms with Crippen molar-refractivity contribution in [1.29, 1.82) is 0 Å². The zero-order chi connectivity index (χ0) is 17.3. The maximum Gasteiger partial charge on any atom is 0.242 e. The first-order valence-electron chi connectivity index (χ1n) is 7.57. The van der Waals surface area contributed by atoms with Crippen molar-refractivity contribution in [2.45, 2.75) is 18.4 Å². The molecule has 0 atom stereocenters. The molecule has 0 aliphatic carbocycles. The Balaban J connectivity index is 1.83. The van der Waals surface area contributed by atoms with Crippen LogP contribution in [0.1, 0.15) is 11.3 Å². The number of aryl methyl sites for hydroxylation is 1. The molecule has 7 heteroatoms. The second kappa shape index (κ2) is 6.26. The normalized spacial score (nSPS) is 12.0. The van der Waals surface area contributed by atoms with E-state index in [1.807, 2.05) is 41.9 Å². The lowest BCUT2D eigenvalue weighted by atomic mass is 10.3. The van der Waals surface area contributed by atoms with Crippen LogP contribution < -0.4 is 5.32 Å². The highest BCUT2D eigenvalue weighted by Crippen LogP contribution is 2.19. The minimum absolute atomic E-state index is 0.270. The summed E-state index contributed by atoms with van der Waals surface area (Å²) < 4.78 is 27.7. The number of sulfonamides is 1. The van der Waals surface area contributed by atoms with Gasteiger partial charge in [-0.15, -0.1) is 0 Å². The van der Waals surface area contributed by atoms with Gasteiger partial charge in [0.05, 0.1) is 23.3 Å². The van der Waals surface area contributed by atoms with E-state index in [-0.39, 0.29) is 4.90 Å². The second-order valence-electron chi connectivity index (χ2n) is 5.80. The first kappa shape index (κ1) is 16.5. The van der Waals surface area contributed by atoms with Crippen LogP contribution in [-0.2, 0) is 16.6 Å². The molecule has 0 aliphatic heterocycles. The van der Waals surface area contributed by atoms with E-state index in [9.17, 15) is 8.42 Å². The van der Waals surface area contributed by atoms with Crippen molar-refractivity contribution >= 4 is 21.4 Å². The molecule has 3 aromatic rings. The molecule has 0 radical (unpaired) electrons. The topological polar surface area (TPSA) is 66.7 Å². The lowest BCUT2D eigenvalue weighted by molar-refractivity contribution is 0.521. The number of nitrogens with zero attached hydrogens (tertiary/aromatic N) is 3. The Morgan fingerprint density at radius 3 is 2.75 bits per heavy atom. The highest BCUT2D eigenvalue weighted by atomic mass is 32.2. The minimum atomic E-state index is -3.44. The summed E-state index contributed by atoms with van der Waals surface area (Å²) >= 11 is 0. The van der Waals surface area contributed by atoms with E-state index in [4.69, 9.17) is 0 Å². The van der Waals surface area contributed by atoms with Crippen molar-refractivity contribution in [3.8, 4) is 0 Å². The van der Waals surface area contributed by atoms with Gasteiger partial charge in [-0.3, -0.25) is 0 Å². The third-order valence-electron chi connectivity index (χ3n) is 3.89. The summed E-state index contributed by atoms with van der Waals surface area (Å²) in [5, 5.41) is 3.27. The molecule has 6 nitrogen and oxygen atoms in total. The van der Waals surface area contributed by atoms with Gasteiger partial charge < -0.3 is 9.72 Å². The number of aromatic nitrogens is 2. The number of benzene rings is 1. The SMILES string of the molecule is Cc1cccn2c(CNc3cccc(S(=O)(=O)N(C)C)c3)cnc12. The molecule has 3 rings (SSSR count). The highest BCUT2D eigenvalue weighted by Gasteiger charge is 2.17. The summed E-state index contributed by atoms with van der Waals surface area (Å²) in [6, 6.07) is 10.8. The average molecular weight is 344 g/mol. The summed E-state index contributed by atoms with van der Waals surface area (Å²) in [6.07, 6.45) is 3.80. The molecule has 0 spiro atoms. The van der Waals surface area contributed by atoms with Gasteiger partial charge in [0.25, 0.3) is 0 Å². The van der Waals surface area contributed by atoms with Crippen LogP contribution >= 0.6 is 0 Å². The van der Waals surface area contributed by atoms with E-state index < -0.39 is 10.0 Å². The summed E-state index contributed by atoms with van der Waals surface area (Å²) in [7, 11) is -0.388. The average Bonchev–Trinajstić information content (AvgIpc) is 2.97. The Hall–Kier alpha value is -2.38. The fraction of sp³-hybridized carbons (Fsp3) is 0.235. The summed E-state index contributed by atoms with van der Waals surface area (Å²) in [5.74, 6) is 0. The van der Waals surface area contributed by atoms with Crippen molar-refractivity contribution in [1.82, 2.24) is 13.7 Å². The van der Waals surface area contributed by atoms with Crippen LogP contribution in [-0.4, -0.2) is 36.2 Å². The van der Waals surface area contributed by atoms with E-state index in [0.717, 1.165) is 22.6 Å². The molecule has 126 valence electrons. The summed E-state index contributed by atoms with van der Waals surface area (Å²) in [5.41, 5.74) is 3.80. The molecule has 0 fully saturated rings. The zero-order valence-corrected chi connectivity index (χ0v) is 14.7. The molecule has 0 unspecified atom stereocenters. The molecule has 0 bridgehead atoms. The van der Waals surface area contributed by atoms with E-state index in [2.05, 4.69) is 10.3 Å². The van der Waals surface area contributed by atoms with E-state index >= 15 is 0 Å². The van der Waals surface area contributed by atoms with Crippen LogP contribution in [0.15, 0.2) is 53.7 Å². The Morgan fingerprint density at radius 2 is 2.00 bits per heavy atom. The highest BCUT2D eigenvalue weighted by molar-refractivity contribution is 7.89. The Kier molecular flexibility index (Phi) is 4.29. The van der Waals surface area contributed by atoms with Crippen molar-refractivity contribution in [3.05, 3.63) is 60.0 Å². The second-order valence-corrected chi connectivity index (χ2v) is 7.95. The maximum atomic E-state index is 12.2. The van der Waals surface area contributed by atoms with Gasteiger partial charge in [-0.05, 0) is 36.8 Å². The molecule has 0 saturated carbocycles. The molecule has 1 aromatic carbocycles.